The summed E-state index contributed by atoms with van der Waals surface area (Å²) in [5.74, 6) is 0.619. The average molecular weight is 645 g/mol. The van der Waals surface area contributed by atoms with Gasteiger partial charge in [0.25, 0.3) is 0 Å². The molecule has 0 bridgehead atoms. The minimum absolute atomic E-state index is 0.619. The summed E-state index contributed by atoms with van der Waals surface area (Å²) in [6, 6.07) is 60.2. The highest BCUT2D eigenvalue weighted by Gasteiger charge is 2.22. The lowest BCUT2D eigenvalue weighted by Crippen LogP contribution is -2.10. The van der Waals surface area contributed by atoms with E-state index in [1.165, 1.54) is 31.3 Å². The van der Waals surface area contributed by atoms with Gasteiger partial charge in [0.2, 0.25) is 5.89 Å². The van der Waals surface area contributed by atoms with Gasteiger partial charge in [0, 0.05) is 47.9 Å². The third-order valence-electron chi connectivity index (χ3n) is 9.48. The van der Waals surface area contributed by atoms with Gasteiger partial charge in [-0.05, 0) is 70.4 Å². The lowest BCUT2D eigenvalue weighted by molar-refractivity contribution is 0.623. The van der Waals surface area contributed by atoms with Gasteiger partial charge < -0.3 is 9.32 Å². The van der Waals surface area contributed by atoms with Crippen LogP contribution in [0.15, 0.2) is 174 Å². The van der Waals surface area contributed by atoms with Crippen LogP contribution in [0.4, 0.5) is 17.1 Å². The molecule has 0 unspecified atom stereocenters. The largest absolute Gasteiger partial charge is 0.435 e. The number of hydrogen-bond donors (Lipinski definition) is 0. The highest BCUT2D eigenvalue weighted by molar-refractivity contribution is 7.26. The molecular formula is C45H28N2OS. The molecule has 0 aliphatic heterocycles. The molecule has 3 nitrogen and oxygen atoms in total. The van der Waals surface area contributed by atoms with E-state index >= 15 is 0 Å². The van der Waals surface area contributed by atoms with Crippen molar-refractivity contribution in [2.75, 3.05) is 4.90 Å². The fourth-order valence-electron chi connectivity index (χ4n) is 7.20. The Bertz CT molecular complexity index is 2820. The van der Waals surface area contributed by atoms with E-state index in [1.54, 1.807) is 0 Å². The summed E-state index contributed by atoms with van der Waals surface area (Å²) in [5, 5.41) is 7.09. The summed E-state index contributed by atoms with van der Waals surface area (Å²) in [6.45, 7) is 0. The molecule has 0 amide bonds. The molecule has 4 heteroatoms. The number of oxazole rings is 1. The van der Waals surface area contributed by atoms with Crippen LogP contribution in [0, 0.1) is 0 Å². The first kappa shape index (κ1) is 27.8. The van der Waals surface area contributed by atoms with Crippen molar-refractivity contribution in [3.05, 3.63) is 170 Å². The molecule has 0 atom stereocenters. The molecule has 0 aliphatic carbocycles. The van der Waals surface area contributed by atoms with Crippen molar-refractivity contribution >= 4 is 81.2 Å². The monoisotopic (exact) mass is 644 g/mol. The van der Waals surface area contributed by atoms with Crippen LogP contribution in [0.2, 0.25) is 0 Å². The first-order chi connectivity index (χ1) is 24.3. The molecular weight excluding hydrogens is 617 g/mol. The van der Waals surface area contributed by atoms with Crippen LogP contribution < -0.4 is 4.90 Å². The van der Waals surface area contributed by atoms with Crippen molar-refractivity contribution in [2.24, 2.45) is 0 Å². The van der Waals surface area contributed by atoms with Crippen LogP contribution >= 0.6 is 11.3 Å². The lowest BCUT2D eigenvalue weighted by atomic mass is 9.98. The quantitative estimate of drug-likeness (QED) is 0.175. The Labute approximate surface area is 286 Å². The van der Waals surface area contributed by atoms with E-state index in [0.717, 1.165) is 55.3 Å². The van der Waals surface area contributed by atoms with Crippen LogP contribution in [0.25, 0.3) is 75.4 Å². The van der Waals surface area contributed by atoms with Gasteiger partial charge >= 0.3 is 0 Å². The molecule has 0 spiro atoms. The normalized spacial score (nSPS) is 11.7. The number of para-hydroxylation sites is 1. The lowest BCUT2D eigenvalue weighted by Gasteiger charge is -2.27. The predicted octanol–water partition coefficient (Wildman–Crippen LogP) is 13.3. The number of benzene rings is 8. The van der Waals surface area contributed by atoms with Crippen molar-refractivity contribution in [3.8, 4) is 22.6 Å². The van der Waals surface area contributed by atoms with Crippen LogP contribution in [-0.4, -0.2) is 4.98 Å². The fraction of sp³-hybridized carbons (Fsp3) is 0. The van der Waals surface area contributed by atoms with Crippen LogP contribution in [-0.2, 0) is 0 Å². The Balaban J connectivity index is 1.19. The van der Waals surface area contributed by atoms with Gasteiger partial charge in [-0.3, -0.25) is 0 Å². The number of rotatable bonds is 5. The zero-order valence-corrected chi connectivity index (χ0v) is 27.2. The molecule has 2 heterocycles. The maximum atomic E-state index is 6.61. The maximum Gasteiger partial charge on any atom is 0.227 e. The molecule has 0 aliphatic rings. The summed E-state index contributed by atoms with van der Waals surface area (Å²) in [6.07, 6.45) is 0. The smallest absolute Gasteiger partial charge is 0.227 e. The molecule has 10 rings (SSSR count). The highest BCUT2D eigenvalue weighted by atomic mass is 32.1. The molecule has 0 saturated heterocycles. The van der Waals surface area contributed by atoms with E-state index in [4.69, 9.17) is 9.40 Å². The molecule has 2 aromatic heterocycles. The van der Waals surface area contributed by atoms with E-state index in [2.05, 4.69) is 144 Å². The van der Waals surface area contributed by atoms with Crippen molar-refractivity contribution in [1.82, 2.24) is 4.98 Å². The van der Waals surface area contributed by atoms with E-state index in [1.807, 2.05) is 41.7 Å². The van der Waals surface area contributed by atoms with Gasteiger partial charge in [0.05, 0.1) is 5.69 Å². The van der Waals surface area contributed by atoms with Gasteiger partial charge in [-0.15, -0.1) is 11.3 Å². The average Bonchev–Trinajstić information content (AvgIpc) is 3.78. The van der Waals surface area contributed by atoms with Crippen molar-refractivity contribution < 1.29 is 4.42 Å². The third-order valence-corrected chi connectivity index (χ3v) is 10.7. The number of aromatic nitrogens is 1. The molecule has 0 radical (unpaired) electrons. The number of hydrogen-bond acceptors (Lipinski definition) is 4. The first-order valence-electron chi connectivity index (χ1n) is 16.5. The Morgan fingerprint density at radius 3 is 2.04 bits per heavy atom. The predicted molar refractivity (Wildman–Crippen MR) is 207 cm³/mol. The van der Waals surface area contributed by atoms with Gasteiger partial charge in [0.1, 0.15) is 5.52 Å². The van der Waals surface area contributed by atoms with Gasteiger partial charge in [-0.2, -0.15) is 0 Å². The Morgan fingerprint density at radius 2 is 1.20 bits per heavy atom. The minimum Gasteiger partial charge on any atom is -0.435 e. The first-order valence-corrected chi connectivity index (χ1v) is 17.3. The number of nitrogens with zero attached hydrogens (tertiary/aromatic N) is 2. The van der Waals surface area contributed by atoms with Gasteiger partial charge in [-0.1, -0.05) is 121 Å². The minimum atomic E-state index is 0.619. The molecule has 230 valence electrons. The van der Waals surface area contributed by atoms with Crippen molar-refractivity contribution in [3.63, 3.8) is 0 Å². The van der Waals surface area contributed by atoms with E-state index < -0.39 is 0 Å². The van der Waals surface area contributed by atoms with Crippen molar-refractivity contribution in [1.29, 1.82) is 0 Å². The van der Waals surface area contributed by atoms with E-state index in [9.17, 15) is 0 Å². The number of anilines is 3. The second-order valence-electron chi connectivity index (χ2n) is 12.3. The molecule has 0 fully saturated rings. The standard InChI is InChI=1S/C45H28N2OS/c1-3-13-31(14-4-1)45-46-39-28-40(38-27-24-29-12-7-8-17-34(29)42(38)43(39)48-45)47(32-15-5-2-6-16-32)33-25-22-30(23-26-33)35-19-11-20-37-36-18-9-10-21-41(36)49-44(35)37/h1-28H. The zero-order valence-electron chi connectivity index (χ0n) is 26.4. The maximum absolute atomic E-state index is 6.61. The Hall–Kier alpha value is -6.23. The molecule has 0 saturated carbocycles. The summed E-state index contributed by atoms with van der Waals surface area (Å²) < 4.78 is 9.25. The molecule has 10 aromatic rings. The van der Waals surface area contributed by atoms with Crippen LogP contribution in [0.3, 0.4) is 0 Å². The van der Waals surface area contributed by atoms with Crippen molar-refractivity contribution in [2.45, 2.75) is 0 Å². The summed E-state index contributed by atoms with van der Waals surface area (Å²) in [4.78, 5) is 7.42. The fourth-order valence-corrected chi connectivity index (χ4v) is 8.44. The molecule has 0 N–H and O–H groups in total. The number of fused-ring (bicyclic) bond motifs is 8. The van der Waals surface area contributed by atoms with E-state index in [0.29, 0.717) is 5.89 Å². The number of thiophene rings is 1. The van der Waals surface area contributed by atoms with E-state index in [-0.39, 0.29) is 0 Å². The Kier molecular flexibility index (Phi) is 6.36. The zero-order chi connectivity index (χ0) is 32.3. The second-order valence-corrected chi connectivity index (χ2v) is 13.4. The molecule has 49 heavy (non-hydrogen) atoms. The van der Waals surface area contributed by atoms with Gasteiger partial charge in [0.15, 0.2) is 5.58 Å². The summed E-state index contributed by atoms with van der Waals surface area (Å²) in [7, 11) is 0. The highest BCUT2D eigenvalue weighted by Crippen LogP contribution is 2.46. The topological polar surface area (TPSA) is 29.3 Å². The Morgan fingerprint density at radius 1 is 0.510 bits per heavy atom. The second kappa shape index (κ2) is 11.2. The summed E-state index contributed by atoms with van der Waals surface area (Å²) in [5.41, 5.74) is 8.22. The third kappa shape index (κ3) is 4.53. The van der Waals surface area contributed by atoms with Crippen LogP contribution in [0.5, 0.6) is 0 Å². The van der Waals surface area contributed by atoms with Crippen LogP contribution in [0.1, 0.15) is 0 Å². The SMILES string of the molecule is c1ccc(-c2nc3cc(N(c4ccccc4)c4ccc(-c5cccc6c5sc5ccccc56)cc4)c4ccc5ccccc5c4c3o2)cc1. The van der Waals surface area contributed by atoms with Gasteiger partial charge in [-0.25, -0.2) is 4.98 Å². The summed E-state index contributed by atoms with van der Waals surface area (Å²) >= 11 is 1.86. The molecule has 8 aromatic carbocycles.